The zero-order valence-corrected chi connectivity index (χ0v) is 9.58. The first kappa shape index (κ1) is 10.5. The summed E-state index contributed by atoms with van der Waals surface area (Å²) in [5, 5.41) is 3.33. The Morgan fingerprint density at radius 2 is 2.33 bits per heavy atom. The van der Waals surface area contributed by atoms with Crippen LogP contribution in [0, 0.1) is 5.92 Å². The molecule has 0 aliphatic carbocycles. The minimum atomic E-state index is 0.594. The van der Waals surface area contributed by atoms with Crippen LogP contribution in [0.25, 0.3) is 0 Å². The van der Waals surface area contributed by atoms with Crippen molar-refractivity contribution in [3.8, 4) is 0 Å². The van der Waals surface area contributed by atoms with E-state index in [-0.39, 0.29) is 0 Å². The van der Waals surface area contributed by atoms with Gasteiger partial charge < -0.3 is 15.6 Å². The van der Waals surface area contributed by atoms with Crippen molar-refractivity contribution in [2.45, 2.75) is 39.8 Å². The van der Waals surface area contributed by atoms with Gasteiger partial charge in [-0.15, -0.1) is 0 Å². The van der Waals surface area contributed by atoms with E-state index in [2.05, 4.69) is 28.7 Å². The van der Waals surface area contributed by atoms with Gasteiger partial charge in [-0.05, 0) is 18.8 Å². The van der Waals surface area contributed by atoms with E-state index < -0.39 is 0 Å². The second kappa shape index (κ2) is 4.23. The fourth-order valence-corrected chi connectivity index (χ4v) is 2.13. The Hall–Kier alpha value is -1.03. The highest BCUT2D eigenvalue weighted by molar-refractivity contribution is 5.36. The predicted molar refractivity (Wildman–Crippen MR) is 61.8 cm³/mol. The monoisotopic (exact) mass is 208 g/mol. The average Bonchev–Trinajstić information content (AvgIpc) is 2.53. The Morgan fingerprint density at radius 3 is 3.00 bits per heavy atom. The second-order valence-electron chi connectivity index (χ2n) is 4.56. The van der Waals surface area contributed by atoms with E-state index in [4.69, 9.17) is 5.73 Å². The lowest BCUT2D eigenvalue weighted by Gasteiger charge is -2.17. The summed E-state index contributed by atoms with van der Waals surface area (Å²) < 4.78 is 2.24. The summed E-state index contributed by atoms with van der Waals surface area (Å²) >= 11 is 0. The molecule has 0 fully saturated rings. The third-order valence-electron chi connectivity index (χ3n) is 2.79. The normalized spacial score (nSPS) is 15.2. The number of fused-ring (bicyclic) bond motifs is 1. The molecule has 0 bridgehead atoms. The zero-order valence-electron chi connectivity index (χ0n) is 9.58. The topological polar surface area (TPSA) is 55.9 Å². The predicted octanol–water partition coefficient (Wildman–Crippen LogP) is 1.36. The third kappa shape index (κ3) is 2.00. The molecule has 2 heterocycles. The Kier molecular flexibility index (Phi) is 2.95. The molecule has 0 saturated heterocycles. The number of nitrogens with two attached hydrogens (primary N) is 1. The van der Waals surface area contributed by atoms with E-state index in [9.17, 15) is 0 Å². The standard InChI is InChI=1S/C11H20N4/c1-8(2)6-9-10(7-12)15-5-3-4-13-11(15)14-9/h8H,3-7,12H2,1-2H3,(H,13,14). The van der Waals surface area contributed by atoms with Crippen molar-refractivity contribution in [2.75, 3.05) is 11.9 Å². The first-order valence-corrected chi connectivity index (χ1v) is 5.74. The summed E-state index contributed by atoms with van der Waals surface area (Å²) in [5.74, 6) is 1.64. The van der Waals surface area contributed by atoms with Crippen LogP contribution in [0.4, 0.5) is 5.95 Å². The molecule has 4 nitrogen and oxygen atoms in total. The minimum absolute atomic E-state index is 0.594. The SMILES string of the molecule is CC(C)Cc1nc2n(c1CN)CCCN2. The van der Waals surface area contributed by atoms with Gasteiger partial charge in [0, 0.05) is 19.6 Å². The summed E-state index contributed by atoms with van der Waals surface area (Å²) in [6.07, 6.45) is 2.19. The van der Waals surface area contributed by atoms with Crippen LogP contribution in [-0.4, -0.2) is 16.1 Å². The summed E-state index contributed by atoms with van der Waals surface area (Å²) in [6, 6.07) is 0. The molecule has 0 unspecified atom stereocenters. The first-order chi connectivity index (χ1) is 7.22. The van der Waals surface area contributed by atoms with E-state index in [1.54, 1.807) is 0 Å². The van der Waals surface area contributed by atoms with E-state index in [1.807, 2.05) is 0 Å². The molecule has 0 atom stereocenters. The molecule has 0 spiro atoms. The van der Waals surface area contributed by atoms with Gasteiger partial charge in [0.25, 0.3) is 0 Å². The maximum atomic E-state index is 5.81. The first-order valence-electron chi connectivity index (χ1n) is 5.74. The van der Waals surface area contributed by atoms with Crippen LogP contribution in [0.2, 0.25) is 0 Å². The molecule has 0 amide bonds. The lowest BCUT2D eigenvalue weighted by Crippen LogP contribution is -2.19. The molecular formula is C11H20N4. The smallest absolute Gasteiger partial charge is 0.203 e. The summed E-state index contributed by atoms with van der Waals surface area (Å²) in [5.41, 5.74) is 8.20. The van der Waals surface area contributed by atoms with Crippen molar-refractivity contribution in [1.82, 2.24) is 9.55 Å². The van der Waals surface area contributed by atoms with E-state index >= 15 is 0 Å². The fourth-order valence-electron chi connectivity index (χ4n) is 2.13. The van der Waals surface area contributed by atoms with Gasteiger partial charge in [0.1, 0.15) is 0 Å². The van der Waals surface area contributed by atoms with Crippen molar-refractivity contribution in [3.05, 3.63) is 11.4 Å². The number of hydrogen-bond donors (Lipinski definition) is 2. The second-order valence-corrected chi connectivity index (χ2v) is 4.56. The molecule has 1 aliphatic heterocycles. The lowest BCUT2D eigenvalue weighted by molar-refractivity contribution is 0.595. The Labute approximate surface area is 90.9 Å². The number of imidazole rings is 1. The van der Waals surface area contributed by atoms with Crippen LogP contribution in [-0.2, 0) is 19.5 Å². The number of rotatable bonds is 3. The molecule has 84 valence electrons. The van der Waals surface area contributed by atoms with Gasteiger partial charge in [0.2, 0.25) is 5.95 Å². The maximum absolute atomic E-state index is 5.81. The number of nitrogens with one attached hydrogen (secondary N) is 1. The van der Waals surface area contributed by atoms with Crippen LogP contribution in [0.1, 0.15) is 31.7 Å². The Bertz CT molecular complexity index is 341. The highest BCUT2D eigenvalue weighted by Gasteiger charge is 2.18. The largest absolute Gasteiger partial charge is 0.356 e. The molecule has 0 radical (unpaired) electrons. The molecule has 3 N–H and O–H groups in total. The van der Waals surface area contributed by atoms with Crippen molar-refractivity contribution < 1.29 is 0 Å². The number of hydrogen-bond acceptors (Lipinski definition) is 3. The highest BCUT2D eigenvalue weighted by atomic mass is 15.2. The van der Waals surface area contributed by atoms with Crippen LogP contribution < -0.4 is 11.1 Å². The molecule has 1 aromatic rings. The van der Waals surface area contributed by atoms with Crippen molar-refractivity contribution >= 4 is 5.95 Å². The van der Waals surface area contributed by atoms with E-state index in [0.29, 0.717) is 12.5 Å². The van der Waals surface area contributed by atoms with Gasteiger partial charge in [-0.25, -0.2) is 4.98 Å². The molecular weight excluding hydrogens is 188 g/mol. The fraction of sp³-hybridized carbons (Fsp3) is 0.727. The van der Waals surface area contributed by atoms with E-state index in [0.717, 1.165) is 31.9 Å². The molecule has 0 saturated carbocycles. The number of anilines is 1. The van der Waals surface area contributed by atoms with Gasteiger partial charge in [-0.3, -0.25) is 0 Å². The molecule has 4 heteroatoms. The molecule has 2 rings (SSSR count). The van der Waals surface area contributed by atoms with Crippen molar-refractivity contribution in [1.29, 1.82) is 0 Å². The van der Waals surface area contributed by atoms with Crippen LogP contribution in [0.3, 0.4) is 0 Å². The van der Waals surface area contributed by atoms with Gasteiger partial charge in [-0.1, -0.05) is 13.8 Å². The quantitative estimate of drug-likeness (QED) is 0.788. The zero-order chi connectivity index (χ0) is 10.8. The van der Waals surface area contributed by atoms with E-state index in [1.165, 1.54) is 11.4 Å². The molecule has 0 aromatic carbocycles. The Morgan fingerprint density at radius 1 is 1.53 bits per heavy atom. The average molecular weight is 208 g/mol. The van der Waals surface area contributed by atoms with Crippen LogP contribution >= 0.6 is 0 Å². The van der Waals surface area contributed by atoms with Crippen molar-refractivity contribution in [3.63, 3.8) is 0 Å². The summed E-state index contributed by atoms with van der Waals surface area (Å²) in [6.45, 7) is 7.11. The maximum Gasteiger partial charge on any atom is 0.203 e. The summed E-state index contributed by atoms with van der Waals surface area (Å²) in [4.78, 5) is 4.63. The summed E-state index contributed by atoms with van der Waals surface area (Å²) in [7, 11) is 0. The molecule has 15 heavy (non-hydrogen) atoms. The Balaban J connectivity index is 2.33. The lowest BCUT2D eigenvalue weighted by atomic mass is 10.1. The highest BCUT2D eigenvalue weighted by Crippen LogP contribution is 2.21. The van der Waals surface area contributed by atoms with Gasteiger partial charge >= 0.3 is 0 Å². The van der Waals surface area contributed by atoms with Crippen molar-refractivity contribution in [2.24, 2.45) is 11.7 Å². The van der Waals surface area contributed by atoms with Gasteiger partial charge in [0.05, 0.1) is 11.4 Å². The van der Waals surface area contributed by atoms with Crippen LogP contribution in [0.5, 0.6) is 0 Å². The van der Waals surface area contributed by atoms with Crippen LogP contribution in [0.15, 0.2) is 0 Å². The van der Waals surface area contributed by atoms with Gasteiger partial charge in [0.15, 0.2) is 0 Å². The van der Waals surface area contributed by atoms with Gasteiger partial charge in [-0.2, -0.15) is 0 Å². The molecule has 1 aliphatic rings. The third-order valence-corrected chi connectivity index (χ3v) is 2.79. The number of nitrogens with zero attached hydrogens (tertiary/aromatic N) is 2. The minimum Gasteiger partial charge on any atom is -0.356 e. The number of aromatic nitrogens is 2. The molecule has 1 aromatic heterocycles.